The van der Waals surface area contributed by atoms with E-state index in [1.165, 1.54) is 0 Å². The fraction of sp³-hybridized carbons (Fsp3) is 0.944. The van der Waals surface area contributed by atoms with Crippen molar-refractivity contribution >= 4 is 6.09 Å². The summed E-state index contributed by atoms with van der Waals surface area (Å²) in [6.45, 7) is 4.12. The summed E-state index contributed by atoms with van der Waals surface area (Å²) in [6, 6.07) is 0.878. The maximum Gasteiger partial charge on any atom is 0.407 e. The summed E-state index contributed by atoms with van der Waals surface area (Å²) in [5.41, 5.74) is 0.217. The molecule has 25 heavy (non-hydrogen) atoms. The number of piperidine rings is 2. The highest BCUT2D eigenvalue weighted by Gasteiger charge is 2.51. The van der Waals surface area contributed by atoms with Crippen LogP contribution in [0.15, 0.2) is 0 Å². The van der Waals surface area contributed by atoms with E-state index in [-0.39, 0.29) is 18.4 Å². The highest BCUT2D eigenvalue weighted by molar-refractivity contribution is 5.65. The van der Waals surface area contributed by atoms with E-state index in [2.05, 4.69) is 4.90 Å². The normalized spacial score (nSPS) is 37.4. The predicted molar refractivity (Wildman–Crippen MR) is 90.0 cm³/mol. The molecule has 142 valence electrons. The average Bonchev–Trinajstić information content (AvgIpc) is 2.99. The van der Waals surface area contributed by atoms with Crippen LogP contribution in [0.25, 0.3) is 0 Å². The van der Waals surface area contributed by atoms with Gasteiger partial charge in [0, 0.05) is 31.6 Å². The Morgan fingerprint density at radius 1 is 0.920 bits per heavy atom. The summed E-state index contributed by atoms with van der Waals surface area (Å²) < 4.78 is 27.3. The standard InChI is InChI=1S/C18H29F2N3O2/c19-18(20)4-1-6-22(13-18)14-2-7-21(8-3-14)15-10-17(11-15)5-9-23(12-17)16(24)25/h14-15H,1-13H2,(H,24,25). The van der Waals surface area contributed by atoms with Gasteiger partial charge in [-0.05, 0) is 63.6 Å². The molecule has 0 radical (unpaired) electrons. The number of amides is 1. The number of alkyl halides is 2. The van der Waals surface area contributed by atoms with Crippen molar-refractivity contribution in [1.29, 1.82) is 0 Å². The lowest BCUT2D eigenvalue weighted by Gasteiger charge is -2.52. The average molecular weight is 357 g/mol. The highest BCUT2D eigenvalue weighted by atomic mass is 19.3. The quantitative estimate of drug-likeness (QED) is 0.826. The Bertz CT molecular complexity index is 516. The number of rotatable bonds is 2. The number of carbonyl (C=O) groups is 1. The summed E-state index contributed by atoms with van der Waals surface area (Å²) in [7, 11) is 0. The van der Waals surface area contributed by atoms with Crippen molar-refractivity contribution in [2.75, 3.05) is 39.3 Å². The molecule has 0 aromatic carbocycles. The van der Waals surface area contributed by atoms with E-state index >= 15 is 0 Å². The van der Waals surface area contributed by atoms with Crippen molar-refractivity contribution < 1.29 is 18.7 Å². The molecule has 5 nitrogen and oxygen atoms in total. The van der Waals surface area contributed by atoms with Gasteiger partial charge in [-0.3, -0.25) is 4.90 Å². The van der Waals surface area contributed by atoms with Gasteiger partial charge in [0.1, 0.15) is 0 Å². The molecule has 3 aliphatic heterocycles. The topological polar surface area (TPSA) is 47.0 Å². The Morgan fingerprint density at radius 2 is 1.64 bits per heavy atom. The molecule has 4 fully saturated rings. The predicted octanol–water partition coefficient (Wildman–Crippen LogP) is 2.71. The fourth-order valence-corrected chi connectivity index (χ4v) is 5.55. The van der Waals surface area contributed by atoms with Crippen molar-refractivity contribution in [3.8, 4) is 0 Å². The van der Waals surface area contributed by atoms with Crippen LogP contribution in [-0.4, -0.2) is 83.2 Å². The van der Waals surface area contributed by atoms with Crippen LogP contribution in [0.4, 0.5) is 13.6 Å². The van der Waals surface area contributed by atoms with Crippen molar-refractivity contribution in [3.05, 3.63) is 0 Å². The smallest absolute Gasteiger partial charge is 0.407 e. The summed E-state index contributed by atoms with van der Waals surface area (Å²) in [5.74, 6) is -2.51. The molecule has 0 bridgehead atoms. The van der Waals surface area contributed by atoms with E-state index in [9.17, 15) is 13.6 Å². The number of hydrogen-bond donors (Lipinski definition) is 1. The van der Waals surface area contributed by atoms with E-state index in [1.807, 2.05) is 4.90 Å². The van der Waals surface area contributed by atoms with Gasteiger partial charge >= 0.3 is 6.09 Å². The molecular weight excluding hydrogens is 328 g/mol. The van der Waals surface area contributed by atoms with Crippen LogP contribution in [-0.2, 0) is 0 Å². The van der Waals surface area contributed by atoms with E-state index in [1.54, 1.807) is 4.90 Å². The molecule has 1 N–H and O–H groups in total. The zero-order chi connectivity index (χ0) is 17.7. The Hall–Kier alpha value is -0.950. The lowest BCUT2D eigenvalue weighted by molar-refractivity contribution is -0.0856. The van der Waals surface area contributed by atoms with E-state index in [0.717, 1.165) is 51.7 Å². The van der Waals surface area contributed by atoms with Crippen molar-refractivity contribution in [2.24, 2.45) is 5.41 Å². The molecule has 0 aromatic rings. The Kier molecular flexibility index (Phi) is 4.43. The van der Waals surface area contributed by atoms with Gasteiger partial charge < -0.3 is 14.9 Å². The minimum absolute atomic E-state index is 0.0415. The minimum Gasteiger partial charge on any atom is -0.465 e. The second kappa shape index (κ2) is 6.34. The van der Waals surface area contributed by atoms with Gasteiger partial charge in [0.2, 0.25) is 0 Å². The van der Waals surface area contributed by atoms with Gasteiger partial charge in [0.05, 0.1) is 6.54 Å². The first-order chi connectivity index (χ1) is 11.9. The lowest BCUT2D eigenvalue weighted by atomic mass is 9.64. The highest BCUT2D eigenvalue weighted by Crippen LogP contribution is 2.50. The zero-order valence-corrected chi connectivity index (χ0v) is 14.8. The number of halogens is 2. The minimum atomic E-state index is -2.51. The fourth-order valence-electron chi connectivity index (χ4n) is 5.55. The first-order valence-electron chi connectivity index (χ1n) is 9.70. The van der Waals surface area contributed by atoms with Crippen LogP contribution >= 0.6 is 0 Å². The van der Waals surface area contributed by atoms with Gasteiger partial charge in [0.25, 0.3) is 5.92 Å². The van der Waals surface area contributed by atoms with Gasteiger partial charge in [-0.1, -0.05) is 0 Å². The van der Waals surface area contributed by atoms with E-state index in [4.69, 9.17) is 5.11 Å². The summed E-state index contributed by atoms with van der Waals surface area (Å²) in [4.78, 5) is 17.2. The van der Waals surface area contributed by atoms with Gasteiger partial charge in [-0.15, -0.1) is 0 Å². The number of likely N-dealkylation sites (tertiary alicyclic amines) is 3. The van der Waals surface area contributed by atoms with Gasteiger partial charge in [-0.2, -0.15) is 0 Å². The molecule has 1 spiro atoms. The molecule has 7 heteroatoms. The van der Waals surface area contributed by atoms with Gasteiger partial charge in [0.15, 0.2) is 0 Å². The molecule has 1 amide bonds. The van der Waals surface area contributed by atoms with E-state index < -0.39 is 12.0 Å². The lowest BCUT2D eigenvalue weighted by Crippen LogP contribution is -2.57. The summed E-state index contributed by atoms with van der Waals surface area (Å²) in [5, 5.41) is 9.13. The molecule has 1 saturated carbocycles. The van der Waals surface area contributed by atoms with Gasteiger partial charge in [-0.25, -0.2) is 13.6 Å². The molecule has 1 aliphatic carbocycles. The molecule has 4 rings (SSSR count). The number of carboxylic acid groups (broad SMARTS) is 1. The molecular formula is C18H29F2N3O2. The third-order valence-corrected chi connectivity index (χ3v) is 7.00. The summed E-state index contributed by atoms with van der Waals surface area (Å²) in [6.07, 6.45) is 5.03. The Labute approximate surface area is 147 Å². The SMILES string of the molecule is O=C(O)N1CCC2(CC(N3CCC(N4CCCC(F)(F)C4)CC3)C2)C1. The number of hydrogen-bond acceptors (Lipinski definition) is 3. The van der Waals surface area contributed by atoms with E-state index in [0.29, 0.717) is 31.6 Å². The molecule has 3 saturated heterocycles. The second-order valence-corrected chi connectivity index (χ2v) is 8.71. The molecule has 4 aliphatic rings. The maximum atomic E-state index is 13.6. The third-order valence-electron chi connectivity index (χ3n) is 7.00. The zero-order valence-electron chi connectivity index (χ0n) is 14.8. The monoisotopic (exact) mass is 357 g/mol. The molecule has 0 unspecified atom stereocenters. The first-order valence-corrected chi connectivity index (χ1v) is 9.70. The van der Waals surface area contributed by atoms with Crippen LogP contribution in [0, 0.1) is 5.41 Å². The third kappa shape index (κ3) is 3.50. The van der Waals surface area contributed by atoms with Crippen molar-refractivity contribution in [3.63, 3.8) is 0 Å². The van der Waals surface area contributed by atoms with Crippen LogP contribution in [0.2, 0.25) is 0 Å². The first kappa shape index (κ1) is 17.5. The largest absolute Gasteiger partial charge is 0.465 e. The van der Waals surface area contributed by atoms with Crippen LogP contribution in [0.1, 0.15) is 44.9 Å². The Morgan fingerprint density at radius 3 is 2.24 bits per heavy atom. The van der Waals surface area contributed by atoms with Crippen molar-refractivity contribution in [2.45, 2.75) is 63.0 Å². The molecule has 0 aromatic heterocycles. The van der Waals surface area contributed by atoms with Crippen LogP contribution < -0.4 is 0 Å². The molecule has 3 heterocycles. The maximum absolute atomic E-state index is 13.6. The van der Waals surface area contributed by atoms with Crippen LogP contribution in [0.3, 0.4) is 0 Å². The Balaban J connectivity index is 1.23. The summed E-state index contributed by atoms with van der Waals surface area (Å²) >= 11 is 0. The number of nitrogens with zero attached hydrogens (tertiary/aromatic N) is 3. The van der Waals surface area contributed by atoms with Crippen LogP contribution in [0.5, 0.6) is 0 Å². The second-order valence-electron chi connectivity index (χ2n) is 8.71. The van der Waals surface area contributed by atoms with Crippen molar-refractivity contribution in [1.82, 2.24) is 14.7 Å². The molecule has 0 atom stereocenters.